The van der Waals surface area contributed by atoms with E-state index in [1.165, 1.54) is 4.90 Å². The lowest BCUT2D eigenvalue weighted by atomic mass is 10.4. The van der Waals surface area contributed by atoms with Gasteiger partial charge in [-0.15, -0.1) is 11.8 Å². The number of nitrogens with one attached hydrogen (secondary N) is 1. The fraction of sp³-hybridized carbons (Fsp3) is 0.500. The highest BCUT2D eigenvalue weighted by atomic mass is 32.2. The van der Waals surface area contributed by atoms with Crippen molar-refractivity contribution in [2.24, 2.45) is 0 Å². The van der Waals surface area contributed by atoms with Gasteiger partial charge in [0.15, 0.2) is 0 Å². The van der Waals surface area contributed by atoms with Crippen LogP contribution in [-0.4, -0.2) is 31.1 Å². The van der Waals surface area contributed by atoms with Crippen LogP contribution < -0.4 is 5.32 Å². The molecule has 0 heterocycles. The summed E-state index contributed by atoms with van der Waals surface area (Å²) >= 11 is 1.77. The molecule has 0 aliphatic rings. The summed E-state index contributed by atoms with van der Waals surface area (Å²) in [4.78, 5) is 1.33. The topological polar surface area (TPSA) is 32.3 Å². The van der Waals surface area contributed by atoms with Crippen molar-refractivity contribution in [3.8, 4) is 0 Å². The van der Waals surface area contributed by atoms with Crippen molar-refractivity contribution in [3.05, 3.63) is 30.3 Å². The monoisotopic (exact) mass is 227 g/mol. The molecule has 0 saturated heterocycles. The Kier molecular flexibility index (Phi) is 11.2. The zero-order valence-corrected chi connectivity index (χ0v) is 10.4. The minimum atomic E-state index is 0.250. The van der Waals surface area contributed by atoms with Crippen LogP contribution in [0.1, 0.15) is 13.3 Å². The molecular formula is C12H21NOS. The molecule has 1 aromatic carbocycles. The van der Waals surface area contributed by atoms with Crippen LogP contribution >= 0.6 is 11.8 Å². The highest BCUT2D eigenvalue weighted by Crippen LogP contribution is 2.11. The van der Waals surface area contributed by atoms with Gasteiger partial charge in [0, 0.05) is 11.4 Å². The van der Waals surface area contributed by atoms with Gasteiger partial charge in [-0.1, -0.05) is 25.1 Å². The van der Waals surface area contributed by atoms with Gasteiger partial charge in [0.1, 0.15) is 0 Å². The maximum atomic E-state index is 8.23. The van der Waals surface area contributed by atoms with Crippen molar-refractivity contribution >= 4 is 11.8 Å². The van der Waals surface area contributed by atoms with Gasteiger partial charge in [-0.25, -0.2) is 0 Å². The minimum absolute atomic E-state index is 0.250. The number of aliphatic hydroxyl groups is 1. The van der Waals surface area contributed by atoms with Gasteiger partial charge in [-0.05, 0) is 31.4 Å². The van der Waals surface area contributed by atoms with Crippen LogP contribution in [-0.2, 0) is 0 Å². The molecule has 1 aromatic rings. The molecule has 2 N–H and O–H groups in total. The maximum absolute atomic E-state index is 8.23. The van der Waals surface area contributed by atoms with Crippen molar-refractivity contribution in [1.29, 1.82) is 0 Å². The molecule has 0 unspecified atom stereocenters. The minimum Gasteiger partial charge on any atom is -0.395 e. The zero-order chi connectivity index (χ0) is 11.4. The maximum Gasteiger partial charge on any atom is 0.0555 e. The van der Waals surface area contributed by atoms with E-state index in [1.54, 1.807) is 11.8 Å². The lowest BCUT2D eigenvalue weighted by molar-refractivity contribution is 0.292. The van der Waals surface area contributed by atoms with Crippen LogP contribution in [0.3, 0.4) is 0 Å². The molecule has 0 aliphatic carbocycles. The van der Waals surface area contributed by atoms with E-state index in [9.17, 15) is 0 Å². The van der Waals surface area contributed by atoms with E-state index in [-0.39, 0.29) is 6.61 Å². The van der Waals surface area contributed by atoms with Gasteiger partial charge < -0.3 is 10.4 Å². The second kappa shape index (κ2) is 11.6. The summed E-state index contributed by atoms with van der Waals surface area (Å²) in [6, 6.07) is 10.3. The first-order valence-corrected chi connectivity index (χ1v) is 6.48. The van der Waals surface area contributed by atoms with Crippen molar-refractivity contribution < 1.29 is 5.11 Å². The van der Waals surface area contributed by atoms with Crippen LogP contribution in [0, 0.1) is 0 Å². The standard InChI is InChI=1S/C7H8S.C5H13NO/c1-8-7-5-3-2-4-6-7;1-2-3-6-4-5-7/h2-6H,1H3;6-7H,2-5H2,1H3. The Balaban J connectivity index is 0.000000265. The molecule has 0 atom stereocenters. The Morgan fingerprint density at radius 3 is 2.27 bits per heavy atom. The third kappa shape index (κ3) is 9.79. The summed E-state index contributed by atoms with van der Waals surface area (Å²) in [5.74, 6) is 0. The van der Waals surface area contributed by atoms with Gasteiger partial charge in [0.2, 0.25) is 0 Å². The van der Waals surface area contributed by atoms with Gasteiger partial charge >= 0.3 is 0 Å². The Morgan fingerprint density at radius 2 is 1.87 bits per heavy atom. The molecule has 0 saturated carbocycles. The Hall–Kier alpha value is -0.510. The van der Waals surface area contributed by atoms with Crippen LogP contribution in [0.5, 0.6) is 0 Å². The lowest BCUT2D eigenvalue weighted by Crippen LogP contribution is -2.18. The predicted octanol–water partition coefficient (Wildman–Crippen LogP) is 2.39. The summed E-state index contributed by atoms with van der Waals surface area (Å²) < 4.78 is 0. The summed E-state index contributed by atoms with van der Waals surface area (Å²) in [5, 5.41) is 11.3. The van der Waals surface area contributed by atoms with Gasteiger partial charge in [0.05, 0.1) is 6.61 Å². The molecule has 15 heavy (non-hydrogen) atoms. The molecular weight excluding hydrogens is 206 g/mol. The first-order chi connectivity index (χ1) is 7.35. The third-order valence-electron chi connectivity index (χ3n) is 1.69. The van der Waals surface area contributed by atoms with E-state index in [4.69, 9.17) is 5.11 Å². The van der Waals surface area contributed by atoms with Crippen molar-refractivity contribution in [1.82, 2.24) is 5.32 Å². The molecule has 0 bridgehead atoms. The van der Waals surface area contributed by atoms with Crippen LogP contribution in [0.4, 0.5) is 0 Å². The molecule has 0 radical (unpaired) electrons. The van der Waals surface area contributed by atoms with E-state index in [0.717, 1.165) is 19.5 Å². The number of rotatable bonds is 5. The molecule has 0 amide bonds. The highest BCUT2D eigenvalue weighted by molar-refractivity contribution is 7.98. The summed E-state index contributed by atoms with van der Waals surface area (Å²) in [5.41, 5.74) is 0. The third-order valence-corrected chi connectivity index (χ3v) is 2.44. The first-order valence-electron chi connectivity index (χ1n) is 5.25. The van der Waals surface area contributed by atoms with E-state index in [0.29, 0.717) is 0 Å². The summed E-state index contributed by atoms with van der Waals surface area (Å²) in [6.45, 7) is 4.10. The van der Waals surface area contributed by atoms with E-state index in [1.807, 2.05) is 18.2 Å². The number of hydrogen-bond donors (Lipinski definition) is 2. The van der Waals surface area contributed by atoms with Crippen LogP contribution in [0.25, 0.3) is 0 Å². The SMILES string of the molecule is CCCNCCO.CSc1ccccc1. The second-order valence-corrected chi connectivity index (χ2v) is 3.87. The molecule has 86 valence electrons. The second-order valence-electron chi connectivity index (χ2n) is 2.99. The van der Waals surface area contributed by atoms with Crippen molar-refractivity contribution in [3.63, 3.8) is 0 Å². The van der Waals surface area contributed by atoms with E-state index >= 15 is 0 Å². The Morgan fingerprint density at radius 1 is 1.20 bits per heavy atom. The average Bonchev–Trinajstić information content (AvgIpc) is 2.32. The summed E-state index contributed by atoms with van der Waals surface area (Å²) in [7, 11) is 0. The molecule has 2 nitrogen and oxygen atoms in total. The van der Waals surface area contributed by atoms with Crippen LogP contribution in [0.2, 0.25) is 0 Å². The Bertz CT molecular complexity index is 212. The van der Waals surface area contributed by atoms with Gasteiger partial charge in [0.25, 0.3) is 0 Å². The van der Waals surface area contributed by atoms with Crippen molar-refractivity contribution in [2.45, 2.75) is 18.2 Å². The molecule has 0 aliphatic heterocycles. The first kappa shape index (κ1) is 14.5. The Labute approximate surface area is 97.1 Å². The number of hydrogen-bond acceptors (Lipinski definition) is 3. The normalized spacial score (nSPS) is 9.27. The molecule has 0 fully saturated rings. The number of aliphatic hydroxyl groups excluding tert-OH is 1. The highest BCUT2D eigenvalue weighted by Gasteiger charge is 1.80. The zero-order valence-electron chi connectivity index (χ0n) is 9.57. The van der Waals surface area contributed by atoms with Crippen LogP contribution in [0.15, 0.2) is 35.2 Å². The van der Waals surface area contributed by atoms with E-state index in [2.05, 4.69) is 30.6 Å². The number of benzene rings is 1. The quantitative estimate of drug-likeness (QED) is 0.598. The average molecular weight is 227 g/mol. The molecule has 1 rings (SSSR count). The number of thioether (sulfide) groups is 1. The van der Waals surface area contributed by atoms with Gasteiger partial charge in [-0.2, -0.15) is 0 Å². The predicted molar refractivity (Wildman–Crippen MR) is 68.5 cm³/mol. The largest absolute Gasteiger partial charge is 0.395 e. The molecule has 0 spiro atoms. The van der Waals surface area contributed by atoms with E-state index < -0.39 is 0 Å². The summed E-state index contributed by atoms with van der Waals surface area (Å²) in [6.07, 6.45) is 3.22. The molecule has 0 aromatic heterocycles. The fourth-order valence-corrected chi connectivity index (χ4v) is 1.37. The smallest absolute Gasteiger partial charge is 0.0555 e. The van der Waals surface area contributed by atoms with Gasteiger partial charge in [-0.3, -0.25) is 0 Å². The van der Waals surface area contributed by atoms with Crippen molar-refractivity contribution in [2.75, 3.05) is 26.0 Å². The fourth-order valence-electron chi connectivity index (χ4n) is 0.937. The lowest BCUT2D eigenvalue weighted by Gasteiger charge is -1.95. The molecule has 3 heteroatoms.